The maximum atomic E-state index is 13.0. The standard InChI is InChI=1S/C23H24N2O/c1-14-10-11-16-17(24-14)12-13-19-22(16)21(15-6-3-2-4-7-15)23-18(25-19)8-5-9-20(23)26/h2-3,10-13,15,21,25H,4-9H2,1H3/t15-,21-/m1/s1. The summed E-state index contributed by atoms with van der Waals surface area (Å²) in [4.78, 5) is 17.7. The number of allylic oxidation sites excluding steroid dienone is 4. The van der Waals surface area contributed by atoms with Gasteiger partial charge in [0.25, 0.3) is 0 Å². The van der Waals surface area contributed by atoms with Gasteiger partial charge in [0, 0.05) is 40.4 Å². The Kier molecular flexibility index (Phi) is 3.70. The van der Waals surface area contributed by atoms with Crippen molar-refractivity contribution in [2.24, 2.45) is 5.92 Å². The average molecular weight is 344 g/mol. The van der Waals surface area contributed by atoms with Crippen molar-refractivity contribution >= 4 is 22.4 Å². The fourth-order valence-corrected chi connectivity index (χ4v) is 5.03. The lowest BCUT2D eigenvalue weighted by atomic mass is 9.69. The molecule has 2 aliphatic carbocycles. The molecule has 0 fully saturated rings. The molecule has 0 unspecified atom stereocenters. The van der Waals surface area contributed by atoms with E-state index in [-0.39, 0.29) is 5.92 Å². The molecule has 1 aromatic carbocycles. The lowest BCUT2D eigenvalue weighted by molar-refractivity contribution is -0.116. The van der Waals surface area contributed by atoms with Crippen LogP contribution in [0.25, 0.3) is 10.9 Å². The third-order valence-electron chi connectivity index (χ3n) is 6.20. The topological polar surface area (TPSA) is 42.0 Å². The quantitative estimate of drug-likeness (QED) is 0.703. The van der Waals surface area contributed by atoms with Gasteiger partial charge in [0.2, 0.25) is 0 Å². The van der Waals surface area contributed by atoms with E-state index in [2.05, 4.69) is 41.7 Å². The van der Waals surface area contributed by atoms with E-state index in [4.69, 9.17) is 4.98 Å². The second-order valence-corrected chi connectivity index (χ2v) is 7.86. The van der Waals surface area contributed by atoms with E-state index >= 15 is 0 Å². The molecule has 0 spiro atoms. The van der Waals surface area contributed by atoms with Crippen LogP contribution in [0.3, 0.4) is 0 Å². The summed E-state index contributed by atoms with van der Waals surface area (Å²) in [7, 11) is 0. The predicted octanol–water partition coefficient (Wildman–Crippen LogP) is 5.42. The molecule has 0 radical (unpaired) electrons. The lowest BCUT2D eigenvalue weighted by Gasteiger charge is -2.39. The van der Waals surface area contributed by atoms with Gasteiger partial charge >= 0.3 is 0 Å². The first-order valence-corrected chi connectivity index (χ1v) is 9.81. The molecule has 0 saturated heterocycles. The molecule has 0 amide bonds. The summed E-state index contributed by atoms with van der Waals surface area (Å²) in [6, 6.07) is 8.57. The van der Waals surface area contributed by atoms with E-state index in [9.17, 15) is 4.79 Å². The van der Waals surface area contributed by atoms with Gasteiger partial charge in [0.05, 0.1) is 5.52 Å². The number of benzene rings is 1. The Morgan fingerprint density at radius 3 is 2.88 bits per heavy atom. The molecule has 5 rings (SSSR count). The number of Topliss-reactive ketones (excluding diaryl/α,β-unsaturated/α-hetero) is 1. The van der Waals surface area contributed by atoms with Gasteiger partial charge in [-0.15, -0.1) is 0 Å². The van der Waals surface area contributed by atoms with E-state index in [0.29, 0.717) is 18.1 Å². The van der Waals surface area contributed by atoms with Crippen LogP contribution in [0, 0.1) is 12.8 Å². The lowest BCUT2D eigenvalue weighted by Crippen LogP contribution is -2.30. The molecular weight excluding hydrogens is 320 g/mol. The zero-order valence-corrected chi connectivity index (χ0v) is 15.2. The van der Waals surface area contributed by atoms with Crippen LogP contribution in [-0.2, 0) is 4.79 Å². The van der Waals surface area contributed by atoms with E-state index in [1.807, 2.05) is 6.92 Å². The molecule has 1 aromatic heterocycles. The van der Waals surface area contributed by atoms with Crippen molar-refractivity contribution < 1.29 is 4.79 Å². The van der Waals surface area contributed by atoms with Crippen LogP contribution in [-0.4, -0.2) is 10.8 Å². The van der Waals surface area contributed by atoms with Crippen molar-refractivity contribution in [1.82, 2.24) is 4.98 Å². The summed E-state index contributed by atoms with van der Waals surface area (Å²) < 4.78 is 0. The Morgan fingerprint density at radius 1 is 1.12 bits per heavy atom. The smallest absolute Gasteiger partial charge is 0.161 e. The van der Waals surface area contributed by atoms with Gasteiger partial charge in [-0.2, -0.15) is 0 Å². The van der Waals surface area contributed by atoms with Gasteiger partial charge in [-0.05, 0) is 68.7 Å². The highest BCUT2D eigenvalue weighted by Crippen LogP contribution is 2.50. The molecule has 132 valence electrons. The predicted molar refractivity (Wildman–Crippen MR) is 105 cm³/mol. The number of nitrogens with one attached hydrogen (secondary N) is 1. The number of hydrogen-bond acceptors (Lipinski definition) is 3. The van der Waals surface area contributed by atoms with Gasteiger partial charge in [-0.3, -0.25) is 9.78 Å². The molecular formula is C23H24N2O. The monoisotopic (exact) mass is 344 g/mol. The van der Waals surface area contributed by atoms with Gasteiger partial charge in [0.15, 0.2) is 5.78 Å². The maximum absolute atomic E-state index is 13.0. The van der Waals surface area contributed by atoms with Crippen molar-refractivity contribution in [2.45, 2.75) is 51.4 Å². The van der Waals surface area contributed by atoms with Crippen molar-refractivity contribution in [3.63, 3.8) is 0 Å². The largest absolute Gasteiger partial charge is 0.358 e. The highest BCUT2D eigenvalue weighted by molar-refractivity contribution is 6.02. The van der Waals surface area contributed by atoms with Crippen molar-refractivity contribution in [3.8, 4) is 0 Å². The Labute approximate surface area is 154 Å². The number of aryl methyl sites for hydroxylation is 1. The first-order chi connectivity index (χ1) is 12.7. The summed E-state index contributed by atoms with van der Waals surface area (Å²) in [5.41, 5.74) is 6.78. The molecule has 2 atom stereocenters. The first kappa shape index (κ1) is 15.8. The molecule has 2 aromatic rings. The van der Waals surface area contributed by atoms with E-state index in [1.54, 1.807) is 0 Å². The Hall–Kier alpha value is -2.42. The molecule has 0 bridgehead atoms. The zero-order chi connectivity index (χ0) is 17.7. The molecule has 3 nitrogen and oxygen atoms in total. The van der Waals surface area contributed by atoms with Crippen molar-refractivity contribution in [3.05, 3.63) is 58.9 Å². The van der Waals surface area contributed by atoms with Crippen LogP contribution in [0.15, 0.2) is 47.7 Å². The minimum Gasteiger partial charge on any atom is -0.358 e. The van der Waals surface area contributed by atoms with Crippen LogP contribution in [0.5, 0.6) is 0 Å². The van der Waals surface area contributed by atoms with Crippen LogP contribution in [0.4, 0.5) is 5.69 Å². The highest BCUT2D eigenvalue weighted by Gasteiger charge is 2.39. The van der Waals surface area contributed by atoms with Crippen molar-refractivity contribution in [1.29, 1.82) is 0 Å². The number of carbonyl (C=O) groups is 1. The van der Waals surface area contributed by atoms with Crippen LogP contribution in [0.1, 0.15) is 55.7 Å². The minimum absolute atomic E-state index is 0.201. The van der Waals surface area contributed by atoms with Crippen LogP contribution < -0.4 is 5.32 Å². The average Bonchev–Trinajstić information content (AvgIpc) is 2.67. The SMILES string of the molecule is Cc1ccc2c3c(ccc2n1)NC1=C(C(=O)CCC1)[C@@H]3[C@@H]1CC=CCC1. The molecule has 0 saturated carbocycles. The van der Waals surface area contributed by atoms with E-state index < -0.39 is 0 Å². The van der Waals surface area contributed by atoms with Crippen LogP contribution >= 0.6 is 0 Å². The number of carbonyl (C=O) groups excluding carboxylic acids is 1. The second-order valence-electron chi connectivity index (χ2n) is 7.86. The number of aromatic nitrogens is 1. The fourth-order valence-electron chi connectivity index (χ4n) is 5.03. The third kappa shape index (κ3) is 2.41. The van der Waals surface area contributed by atoms with Gasteiger partial charge < -0.3 is 5.32 Å². The first-order valence-electron chi connectivity index (χ1n) is 9.81. The van der Waals surface area contributed by atoms with E-state index in [1.165, 1.54) is 22.3 Å². The summed E-state index contributed by atoms with van der Waals surface area (Å²) in [6.07, 6.45) is 10.6. The summed E-state index contributed by atoms with van der Waals surface area (Å²) in [6.45, 7) is 2.03. The number of pyridine rings is 1. The molecule has 1 aliphatic heterocycles. The van der Waals surface area contributed by atoms with Gasteiger partial charge in [-0.1, -0.05) is 18.2 Å². The van der Waals surface area contributed by atoms with E-state index in [0.717, 1.165) is 48.9 Å². The van der Waals surface area contributed by atoms with Gasteiger partial charge in [0.1, 0.15) is 0 Å². The molecule has 1 N–H and O–H groups in total. The molecule has 2 heterocycles. The minimum atomic E-state index is 0.201. The third-order valence-corrected chi connectivity index (χ3v) is 6.20. The Balaban J connectivity index is 1.76. The number of ketones is 1. The Morgan fingerprint density at radius 2 is 2.04 bits per heavy atom. The fraction of sp³-hybridized carbons (Fsp3) is 0.391. The summed E-state index contributed by atoms with van der Waals surface area (Å²) in [5.74, 6) is 1.05. The van der Waals surface area contributed by atoms with Crippen molar-refractivity contribution in [2.75, 3.05) is 5.32 Å². The normalized spacial score (nSPS) is 25.0. The number of fused-ring (bicyclic) bond motifs is 3. The second kappa shape index (κ2) is 6.08. The summed E-state index contributed by atoms with van der Waals surface area (Å²) >= 11 is 0. The zero-order valence-electron chi connectivity index (χ0n) is 15.2. The number of anilines is 1. The maximum Gasteiger partial charge on any atom is 0.161 e. The molecule has 26 heavy (non-hydrogen) atoms. The highest BCUT2D eigenvalue weighted by atomic mass is 16.1. The Bertz CT molecular complexity index is 970. The van der Waals surface area contributed by atoms with Crippen LogP contribution in [0.2, 0.25) is 0 Å². The number of nitrogens with zero attached hydrogens (tertiary/aromatic N) is 1. The number of rotatable bonds is 1. The molecule has 3 heteroatoms. The van der Waals surface area contributed by atoms with Gasteiger partial charge in [-0.25, -0.2) is 0 Å². The summed E-state index contributed by atoms with van der Waals surface area (Å²) in [5, 5.41) is 4.82. The molecule has 3 aliphatic rings. The number of hydrogen-bond donors (Lipinski definition) is 1.